The molecule has 1 amide bonds. The summed E-state index contributed by atoms with van der Waals surface area (Å²) in [6.45, 7) is 4.82. The van der Waals surface area contributed by atoms with Crippen LogP contribution in [0.25, 0.3) is 22.3 Å². The van der Waals surface area contributed by atoms with Crippen molar-refractivity contribution in [3.05, 3.63) is 88.0 Å². The second-order valence-corrected chi connectivity index (χ2v) is 10.5. The monoisotopic (exact) mass is 552 g/mol. The second kappa shape index (κ2) is 10.7. The van der Waals surface area contributed by atoms with Crippen molar-refractivity contribution in [2.45, 2.75) is 39.4 Å². The molecule has 0 atom stereocenters. The average molecular weight is 553 g/mol. The van der Waals surface area contributed by atoms with E-state index in [1.165, 1.54) is 23.5 Å². The minimum absolute atomic E-state index is 0.0293. The number of rotatable bonds is 6. The van der Waals surface area contributed by atoms with Gasteiger partial charge in [0.05, 0.1) is 42.6 Å². The quantitative estimate of drug-likeness (QED) is 0.246. The molecule has 0 saturated carbocycles. The number of halogens is 3. The highest BCUT2D eigenvalue weighted by Crippen LogP contribution is 2.34. The van der Waals surface area contributed by atoms with Gasteiger partial charge >= 0.3 is 6.18 Å². The molecule has 0 spiro atoms. The van der Waals surface area contributed by atoms with Gasteiger partial charge in [0.2, 0.25) is 5.91 Å². The van der Waals surface area contributed by atoms with Gasteiger partial charge in [0.15, 0.2) is 0 Å². The summed E-state index contributed by atoms with van der Waals surface area (Å²) in [5.74, 6) is 0.649. The molecule has 0 bridgehead atoms. The van der Waals surface area contributed by atoms with Crippen molar-refractivity contribution in [3.8, 4) is 22.0 Å². The van der Waals surface area contributed by atoms with Gasteiger partial charge in [0, 0.05) is 28.8 Å². The second-order valence-electron chi connectivity index (χ2n) is 9.46. The molecule has 1 aliphatic rings. The van der Waals surface area contributed by atoms with Gasteiger partial charge in [-0.1, -0.05) is 18.2 Å². The molecule has 10 heteroatoms. The van der Waals surface area contributed by atoms with Gasteiger partial charge < -0.3 is 14.2 Å². The minimum Gasteiger partial charge on any atom is -0.495 e. The first-order valence-corrected chi connectivity index (χ1v) is 13.3. The van der Waals surface area contributed by atoms with E-state index < -0.39 is 11.7 Å². The van der Waals surface area contributed by atoms with E-state index >= 15 is 0 Å². The summed E-state index contributed by atoms with van der Waals surface area (Å²) in [4.78, 5) is 25.0. The first-order chi connectivity index (χ1) is 18.6. The van der Waals surface area contributed by atoms with Gasteiger partial charge in [0.25, 0.3) is 0 Å². The Morgan fingerprint density at radius 2 is 1.90 bits per heavy atom. The number of alkyl halides is 3. The molecule has 39 heavy (non-hydrogen) atoms. The molecule has 0 aliphatic carbocycles. The Kier molecular flexibility index (Phi) is 7.31. The molecule has 3 heterocycles. The van der Waals surface area contributed by atoms with Gasteiger partial charge in [0.1, 0.15) is 10.8 Å². The number of likely N-dealkylation sites (tertiary alicyclic amines) is 1. The normalized spacial score (nSPS) is 15.3. The van der Waals surface area contributed by atoms with Crippen LogP contribution in [0.3, 0.4) is 0 Å². The largest absolute Gasteiger partial charge is 0.495 e. The summed E-state index contributed by atoms with van der Waals surface area (Å²) < 4.78 is 46.3. The number of aromatic nitrogens is 3. The summed E-state index contributed by atoms with van der Waals surface area (Å²) in [5, 5.41) is 0.636. The van der Waals surface area contributed by atoms with Crippen molar-refractivity contribution in [2.75, 3.05) is 13.7 Å². The number of carbonyl (C=O) groups is 1. The van der Waals surface area contributed by atoms with E-state index in [2.05, 4.69) is 9.97 Å². The maximum Gasteiger partial charge on any atom is 0.416 e. The Balaban J connectivity index is 1.33. The first-order valence-electron chi connectivity index (χ1n) is 12.4. The van der Waals surface area contributed by atoms with Crippen LogP contribution in [-0.2, 0) is 17.5 Å². The molecule has 4 aromatic rings. The summed E-state index contributed by atoms with van der Waals surface area (Å²) in [6.07, 6.45) is 2.70. The lowest BCUT2D eigenvalue weighted by molar-refractivity contribution is -0.137. The number of carbonyl (C=O) groups excluding carboxylic acids is 1. The Morgan fingerprint density at radius 1 is 1.13 bits per heavy atom. The van der Waals surface area contributed by atoms with E-state index in [1.54, 1.807) is 13.4 Å². The fraction of sp³-hybridized carbons (Fsp3) is 0.276. The van der Waals surface area contributed by atoms with Crippen LogP contribution in [0.4, 0.5) is 13.2 Å². The summed E-state index contributed by atoms with van der Waals surface area (Å²) in [6, 6.07) is 10.8. The molecule has 1 saturated heterocycles. The number of hydrogen-bond donors (Lipinski definition) is 0. The van der Waals surface area contributed by atoms with Crippen LogP contribution >= 0.6 is 11.3 Å². The van der Waals surface area contributed by atoms with Gasteiger partial charge in [-0.2, -0.15) is 13.2 Å². The van der Waals surface area contributed by atoms with Crippen molar-refractivity contribution in [1.29, 1.82) is 0 Å². The Hall–Kier alpha value is -3.92. The lowest BCUT2D eigenvalue weighted by atomic mass is 10.0. The molecule has 6 nitrogen and oxygen atoms in total. The summed E-state index contributed by atoms with van der Waals surface area (Å²) in [7, 11) is 1.61. The highest BCUT2D eigenvalue weighted by Gasteiger charge is 2.30. The number of thiazole rings is 1. The van der Waals surface area contributed by atoms with Crippen LogP contribution in [0.1, 0.15) is 40.2 Å². The van der Waals surface area contributed by atoms with Crippen LogP contribution in [0.5, 0.6) is 5.75 Å². The molecule has 1 aliphatic heterocycles. The van der Waals surface area contributed by atoms with Gasteiger partial charge in [-0.05, 0) is 62.6 Å². The van der Waals surface area contributed by atoms with E-state index in [0.717, 1.165) is 51.6 Å². The zero-order chi connectivity index (χ0) is 27.7. The lowest BCUT2D eigenvalue weighted by Gasteiger charge is -2.28. The molecular formula is C29H27F3N4O2S. The maximum absolute atomic E-state index is 13.4. The molecule has 202 valence electrons. The number of methoxy groups -OCH3 is 1. The molecule has 0 radical (unpaired) electrons. The van der Waals surface area contributed by atoms with E-state index in [0.29, 0.717) is 35.8 Å². The first kappa shape index (κ1) is 26.7. The number of imidazole rings is 1. The third-order valence-corrected chi connectivity index (χ3v) is 7.85. The molecule has 2 aromatic carbocycles. The number of amides is 1. The van der Waals surface area contributed by atoms with Crippen LogP contribution in [-0.4, -0.2) is 39.0 Å². The zero-order valence-corrected chi connectivity index (χ0v) is 22.6. The number of aryl methyl sites for hydroxylation is 2. The van der Waals surface area contributed by atoms with Crippen molar-refractivity contribution < 1.29 is 22.7 Å². The average Bonchev–Trinajstić information content (AvgIpc) is 3.51. The predicted octanol–water partition coefficient (Wildman–Crippen LogP) is 6.85. The van der Waals surface area contributed by atoms with Gasteiger partial charge in [-0.25, -0.2) is 9.97 Å². The van der Waals surface area contributed by atoms with E-state index in [9.17, 15) is 18.0 Å². The van der Waals surface area contributed by atoms with Crippen LogP contribution in [0.15, 0.2) is 60.6 Å². The molecular weight excluding hydrogens is 525 g/mol. The minimum atomic E-state index is -4.38. The number of piperidine rings is 1. The number of ether oxygens (including phenoxy) is 1. The Labute approximate surface area is 228 Å². The van der Waals surface area contributed by atoms with Crippen molar-refractivity contribution >= 4 is 23.3 Å². The summed E-state index contributed by atoms with van der Waals surface area (Å²) >= 11 is 1.40. The van der Waals surface area contributed by atoms with Crippen LogP contribution in [0, 0.1) is 13.8 Å². The topological polar surface area (TPSA) is 60.2 Å². The Bertz CT molecular complexity index is 1540. The lowest BCUT2D eigenvalue weighted by Crippen LogP contribution is -2.36. The third-order valence-electron chi connectivity index (χ3n) is 6.66. The van der Waals surface area contributed by atoms with Gasteiger partial charge in [-0.3, -0.25) is 4.79 Å². The summed E-state index contributed by atoms with van der Waals surface area (Å²) in [5.41, 5.74) is 4.06. The Morgan fingerprint density at radius 3 is 2.56 bits per heavy atom. The fourth-order valence-corrected chi connectivity index (χ4v) is 5.67. The van der Waals surface area contributed by atoms with Crippen LogP contribution < -0.4 is 4.74 Å². The van der Waals surface area contributed by atoms with Crippen molar-refractivity contribution in [2.24, 2.45) is 0 Å². The van der Waals surface area contributed by atoms with E-state index in [-0.39, 0.29) is 5.91 Å². The van der Waals surface area contributed by atoms with Crippen LogP contribution in [0.2, 0.25) is 0 Å². The van der Waals surface area contributed by atoms with Gasteiger partial charge in [-0.15, -0.1) is 11.3 Å². The number of nitrogens with zero attached hydrogens (tertiary/aromatic N) is 4. The maximum atomic E-state index is 13.4. The molecule has 0 N–H and O–H groups in total. The third kappa shape index (κ3) is 5.75. The molecule has 1 fully saturated rings. The predicted molar refractivity (Wildman–Crippen MR) is 145 cm³/mol. The van der Waals surface area contributed by atoms with E-state index in [4.69, 9.17) is 4.74 Å². The van der Waals surface area contributed by atoms with Crippen molar-refractivity contribution in [3.63, 3.8) is 0 Å². The SMILES string of the molecule is COc1cc(C=C2CCCN(Cc3sc(-c4ccc(C(F)(F)F)cc4)nc3C)C2=O)ccc1-n1cnc(C)c1. The highest BCUT2D eigenvalue weighted by atomic mass is 32.1. The standard InChI is InChI=1S/C29H27F3N4O2S/c1-18-15-36(17-33-18)24-11-6-20(14-25(24)38-3)13-22-5-4-12-35(28(22)37)16-26-19(2)34-27(39-26)21-7-9-23(10-8-21)29(30,31)32/h6-11,13-15,17H,4-5,12,16H2,1-3H3. The van der Waals surface area contributed by atoms with E-state index in [1.807, 2.05) is 53.8 Å². The highest BCUT2D eigenvalue weighted by molar-refractivity contribution is 7.15. The fourth-order valence-electron chi connectivity index (χ4n) is 4.58. The number of hydrogen-bond acceptors (Lipinski definition) is 5. The molecule has 5 rings (SSSR count). The molecule has 0 unspecified atom stereocenters. The molecule has 2 aromatic heterocycles. The smallest absolute Gasteiger partial charge is 0.416 e. The zero-order valence-electron chi connectivity index (χ0n) is 21.7. The van der Waals surface area contributed by atoms with Crippen molar-refractivity contribution in [1.82, 2.24) is 19.4 Å². The number of benzene rings is 2.